The quantitative estimate of drug-likeness (QED) is 0.746. The summed E-state index contributed by atoms with van der Waals surface area (Å²) in [7, 11) is 0. The SMILES string of the molecule is CCOC(=O)N=C(C)C(C)NC(=O)OCC. The normalized spacial score (nSPS) is 12.9. The molecule has 0 saturated carbocycles. The van der Waals surface area contributed by atoms with Crippen LogP contribution in [0.5, 0.6) is 0 Å². The van der Waals surface area contributed by atoms with Gasteiger partial charge in [-0.2, -0.15) is 4.99 Å². The zero-order valence-electron chi connectivity index (χ0n) is 10.1. The van der Waals surface area contributed by atoms with Crippen molar-refractivity contribution in [2.75, 3.05) is 13.2 Å². The van der Waals surface area contributed by atoms with Crippen molar-refractivity contribution in [2.24, 2.45) is 4.99 Å². The number of rotatable bonds is 4. The summed E-state index contributed by atoms with van der Waals surface area (Å²) in [6.07, 6.45) is -1.19. The van der Waals surface area contributed by atoms with Crippen LogP contribution in [-0.2, 0) is 9.47 Å². The molecule has 0 heterocycles. The Bertz CT molecular complexity index is 276. The summed E-state index contributed by atoms with van der Waals surface area (Å²) in [6.45, 7) is 7.32. The minimum absolute atomic E-state index is 0.273. The highest BCUT2D eigenvalue weighted by atomic mass is 16.5. The van der Waals surface area contributed by atoms with Crippen LogP contribution in [0.2, 0.25) is 0 Å². The standard InChI is InChI=1S/C10H18N2O4/c1-5-15-9(13)11-7(3)8(4)12-10(14)16-6-2/h7H,5-6H2,1-4H3,(H,11,13). The van der Waals surface area contributed by atoms with E-state index >= 15 is 0 Å². The monoisotopic (exact) mass is 230 g/mol. The van der Waals surface area contributed by atoms with Crippen molar-refractivity contribution in [1.82, 2.24) is 5.32 Å². The van der Waals surface area contributed by atoms with Crippen molar-refractivity contribution in [3.8, 4) is 0 Å². The lowest BCUT2D eigenvalue weighted by atomic mass is 10.2. The van der Waals surface area contributed by atoms with Gasteiger partial charge < -0.3 is 14.8 Å². The van der Waals surface area contributed by atoms with E-state index in [9.17, 15) is 9.59 Å². The van der Waals surface area contributed by atoms with Gasteiger partial charge in [-0.3, -0.25) is 0 Å². The maximum atomic E-state index is 11.1. The number of carbonyl (C=O) groups is 2. The smallest absolute Gasteiger partial charge is 0.433 e. The fraction of sp³-hybridized carbons (Fsp3) is 0.700. The van der Waals surface area contributed by atoms with E-state index in [0.29, 0.717) is 12.3 Å². The van der Waals surface area contributed by atoms with Gasteiger partial charge in [0.25, 0.3) is 0 Å². The van der Waals surface area contributed by atoms with Gasteiger partial charge in [0.05, 0.1) is 19.3 Å². The van der Waals surface area contributed by atoms with Gasteiger partial charge in [0, 0.05) is 5.71 Å². The molecule has 0 aliphatic carbocycles. The molecule has 16 heavy (non-hydrogen) atoms. The molecule has 0 bridgehead atoms. The molecule has 1 unspecified atom stereocenters. The average Bonchev–Trinajstić information content (AvgIpc) is 2.17. The number of ether oxygens (including phenoxy) is 2. The topological polar surface area (TPSA) is 77.0 Å². The summed E-state index contributed by atoms with van der Waals surface area (Å²) in [5.74, 6) is 0. The van der Waals surface area contributed by atoms with Crippen molar-refractivity contribution < 1.29 is 19.1 Å². The van der Waals surface area contributed by atoms with Gasteiger partial charge in [-0.25, -0.2) is 9.59 Å². The molecule has 0 aromatic rings. The van der Waals surface area contributed by atoms with Crippen LogP contribution in [0.3, 0.4) is 0 Å². The van der Waals surface area contributed by atoms with Crippen LogP contribution >= 0.6 is 0 Å². The molecule has 0 aromatic heterocycles. The fourth-order valence-electron chi connectivity index (χ4n) is 0.851. The van der Waals surface area contributed by atoms with E-state index in [1.807, 2.05) is 0 Å². The molecule has 0 fully saturated rings. The van der Waals surface area contributed by atoms with Crippen LogP contribution in [0.15, 0.2) is 4.99 Å². The van der Waals surface area contributed by atoms with E-state index < -0.39 is 12.2 Å². The Morgan fingerprint density at radius 1 is 1.25 bits per heavy atom. The molecule has 1 atom stereocenters. The van der Waals surface area contributed by atoms with E-state index in [0.717, 1.165) is 0 Å². The largest absolute Gasteiger partial charge is 0.450 e. The molecule has 0 aliphatic rings. The third kappa shape index (κ3) is 6.00. The maximum Gasteiger partial charge on any atom is 0.433 e. The predicted octanol–water partition coefficient (Wildman–Crippen LogP) is 1.74. The first kappa shape index (κ1) is 14.4. The molecule has 2 amide bonds. The summed E-state index contributed by atoms with van der Waals surface area (Å²) >= 11 is 0. The second-order valence-electron chi connectivity index (χ2n) is 3.04. The van der Waals surface area contributed by atoms with Crippen molar-refractivity contribution in [1.29, 1.82) is 0 Å². The predicted molar refractivity (Wildman–Crippen MR) is 59.8 cm³/mol. The van der Waals surface area contributed by atoms with E-state index in [1.165, 1.54) is 0 Å². The molecular formula is C10H18N2O4. The van der Waals surface area contributed by atoms with Gasteiger partial charge >= 0.3 is 12.2 Å². The van der Waals surface area contributed by atoms with E-state index in [2.05, 4.69) is 15.0 Å². The van der Waals surface area contributed by atoms with Crippen LogP contribution in [0.1, 0.15) is 27.7 Å². The van der Waals surface area contributed by atoms with Crippen molar-refractivity contribution in [3.05, 3.63) is 0 Å². The summed E-state index contributed by atoms with van der Waals surface area (Å²) in [6, 6.07) is -0.372. The van der Waals surface area contributed by atoms with Crippen LogP contribution < -0.4 is 5.32 Å². The highest BCUT2D eigenvalue weighted by Crippen LogP contribution is 1.93. The molecule has 92 valence electrons. The number of alkyl carbamates (subject to hydrolysis) is 1. The molecule has 1 N–H and O–H groups in total. The number of aliphatic imine (C=N–C) groups is 1. The average molecular weight is 230 g/mol. The van der Waals surface area contributed by atoms with Crippen LogP contribution in [-0.4, -0.2) is 37.2 Å². The summed E-state index contributed by atoms with van der Waals surface area (Å²) in [5.41, 5.74) is 0.464. The van der Waals surface area contributed by atoms with Crippen molar-refractivity contribution in [3.63, 3.8) is 0 Å². The first-order valence-electron chi connectivity index (χ1n) is 5.16. The minimum atomic E-state index is -0.655. The number of hydrogen-bond acceptors (Lipinski definition) is 4. The molecule has 6 heteroatoms. The Morgan fingerprint density at radius 3 is 2.31 bits per heavy atom. The van der Waals surface area contributed by atoms with Crippen LogP contribution in [0, 0.1) is 0 Å². The Balaban J connectivity index is 4.21. The van der Waals surface area contributed by atoms with Crippen molar-refractivity contribution in [2.45, 2.75) is 33.7 Å². The molecule has 0 saturated heterocycles. The second kappa shape index (κ2) is 7.67. The lowest BCUT2D eigenvalue weighted by molar-refractivity contribution is 0.150. The van der Waals surface area contributed by atoms with Crippen LogP contribution in [0.25, 0.3) is 0 Å². The Kier molecular flexibility index (Phi) is 6.91. The van der Waals surface area contributed by atoms with Gasteiger partial charge in [-0.1, -0.05) is 0 Å². The number of nitrogens with zero attached hydrogens (tertiary/aromatic N) is 1. The van der Waals surface area contributed by atoms with Gasteiger partial charge in [0.1, 0.15) is 0 Å². The lowest BCUT2D eigenvalue weighted by Crippen LogP contribution is -2.38. The highest BCUT2D eigenvalue weighted by molar-refractivity contribution is 5.96. The Hall–Kier alpha value is -1.59. The second-order valence-corrected chi connectivity index (χ2v) is 3.04. The number of nitrogens with one attached hydrogen (secondary N) is 1. The highest BCUT2D eigenvalue weighted by Gasteiger charge is 2.11. The lowest BCUT2D eigenvalue weighted by Gasteiger charge is -2.12. The summed E-state index contributed by atoms with van der Waals surface area (Å²) in [5, 5.41) is 2.53. The zero-order valence-corrected chi connectivity index (χ0v) is 10.1. The summed E-state index contributed by atoms with van der Waals surface area (Å²) < 4.78 is 9.34. The molecule has 0 aromatic carbocycles. The summed E-state index contributed by atoms with van der Waals surface area (Å²) in [4.78, 5) is 25.7. The first-order chi connectivity index (χ1) is 7.51. The van der Waals surface area contributed by atoms with Crippen LogP contribution in [0.4, 0.5) is 9.59 Å². The van der Waals surface area contributed by atoms with E-state index in [1.54, 1.807) is 27.7 Å². The Morgan fingerprint density at radius 2 is 1.81 bits per heavy atom. The van der Waals surface area contributed by atoms with E-state index in [4.69, 9.17) is 4.74 Å². The number of amides is 2. The fourth-order valence-corrected chi connectivity index (χ4v) is 0.851. The van der Waals surface area contributed by atoms with Gasteiger partial charge in [-0.15, -0.1) is 0 Å². The van der Waals surface area contributed by atoms with Gasteiger partial charge in [0.15, 0.2) is 0 Å². The third-order valence-corrected chi connectivity index (χ3v) is 1.77. The first-order valence-corrected chi connectivity index (χ1v) is 5.16. The molecule has 0 aliphatic heterocycles. The van der Waals surface area contributed by atoms with E-state index in [-0.39, 0.29) is 12.6 Å². The van der Waals surface area contributed by atoms with Gasteiger partial charge in [0.2, 0.25) is 0 Å². The maximum absolute atomic E-state index is 11.1. The zero-order chi connectivity index (χ0) is 12.6. The number of carbonyl (C=O) groups excluding carboxylic acids is 2. The third-order valence-electron chi connectivity index (χ3n) is 1.77. The molecule has 0 radical (unpaired) electrons. The molecule has 6 nitrogen and oxygen atoms in total. The molecule has 0 spiro atoms. The molecular weight excluding hydrogens is 212 g/mol. The van der Waals surface area contributed by atoms with Gasteiger partial charge in [-0.05, 0) is 27.7 Å². The Labute approximate surface area is 95.0 Å². The number of hydrogen-bond donors (Lipinski definition) is 1. The minimum Gasteiger partial charge on any atom is -0.450 e. The molecule has 0 rings (SSSR count). The van der Waals surface area contributed by atoms with Crippen molar-refractivity contribution >= 4 is 17.9 Å².